The second kappa shape index (κ2) is 6.25. The zero-order valence-electron chi connectivity index (χ0n) is 11.2. The minimum atomic E-state index is 0.761. The van der Waals surface area contributed by atoms with Gasteiger partial charge in [-0.15, -0.1) is 0 Å². The molecule has 3 nitrogen and oxygen atoms in total. The number of ether oxygens (including phenoxy) is 1. The molecule has 104 valence electrons. The predicted molar refractivity (Wildman–Crippen MR) is 80.3 cm³/mol. The lowest BCUT2D eigenvalue weighted by Crippen LogP contribution is -2.17. The number of hydrogen-bond donors (Lipinski definition) is 1. The summed E-state index contributed by atoms with van der Waals surface area (Å²) in [7, 11) is 0. The summed E-state index contributed by atoms with van der Waals surface area (Å²) in [6, 6.07) is 9.98. The molecule has 0 saturated carbocycles. The van der Waals surface area contributed by atoms with Gasteiger partial charge in [0.05, 0.1) is 6.61 Å². The summed E-state index contributed by atoms with van der Waals surface area (Å²) in [5.74, 6) is 1.01. The minimum absolute atomic E-state index is 0.761. The molecule has 0 aliphatic carbocycles. The smallest absolute Gasteiger partial charge is 0.127 e. The number of rotatable bonds is 5. The van der Waals surface area contributed by atoms with Gasteiger partial charge in [-0.1, -0.05) is 17.7 Å². The molecule has 2 heterocycles. The molecule has 1 N–H and O–H groups in total. The normalized spacial score (nSPS) is 13.1. The van der Waals surface area contributed by atoms with Gasteiger partial charge in [0, 0.05) is 48.4 Å². The van der Waals surface area contributed by atoms with E-state index in [0.717, 1.165) is 54.6 Å². The molecule has 0 saturated heterocycles. The Labute approximate surface area is 123 Å². The van der Waals surface area contributed by atoms with E-state index in [1.54, 1.807) is 0 Å². The fourth-order valence-corrected chi connectivity index (χ4v) is 2.73. The van der Waals surface area contributed by atoms with Crippen LogP contribution in [-0.2, 0) is 19.4 Å². The molecular formula is C16H17ClN2O. The maximum atomic E-state index is 6.14. The van der Waals surface area contributed by atoms with Crippen molar-refractivity contribution in [2.75, 3.05) is 13.2 Å². The highest BCUT2D eigenvalue weighted by atomic mass is 35.5. The summed E-state index contributed by atoms with van der Waals surface area (Å²) in [5, 5.41) is 4.22. The van der Waals surface area contributed by atoms with Crippen molar-refractivity contribution < 1.29 is 4.74 Å². The number of nitrogens with one attached hydrogen (secondary N) is 1. The average molecular weight is 289 g/mol. The van der Waals surface area contributed by atoms with Crippen molar-refractivity contribution in [3.05, 3.63) is 58.4 Å². The maximum absolute atomic E-state index is 6.14. The number of halogens is 1. The Morgan fingerprint density at radius 3 is 3.10 bits per heavy atom. The number of fused-ring (bicyclic) bond motifs is 1. The molecule has 0 bridgehead atoms. The zero-order chi connectivity index (χ0) is 13.8. The van der Waals surface area contributed by atoms with Crippen molar-refractivity contribution in [3.8, 4) is 5.75 Å². The van der Waals surface area contributed by atoms with Crippen LogP contribution >= 0.6 is 11.6 Å². The Hall–Kier alpha value is -1.58. The highest BCUT2D eigenvalue weighted by molar-refractivity contribution is 6.30. The molecule has 1 aromatic carbocycles. The van der Waals surface area contributed by atoms with Crippen LogP contribution in [-0.4, -0.2) is 18.1 Å². The summed E-state index contributed by atoms with van der Waals surface area (Å²) in [6.45, 7) is 2.42. The van der Waals surface area contributed by atoms with Gasteiger partial charge < -0.3 is 10.1 Å². The Balaban J connectivity index is 1.57. The van der Waals surface area contributed by atoms with Gasteiger partial charge in [-0.05, 0) is 29.8 Å². The highest BCUT2D eigenvalue weighted by Crippen LogP contribution is 2.32. The minimum Gasteiger partial charge on any atom is -0.493 e. The molecule has 1 aromatic heterocycles. The van der Waals surface area contributed by atoms with Crippen LogP contribution < -0.4 is 10.1 Å². The standard InChI is InChI=1S/C16H17ClN2O/c17-14-9-12-5-8-20-16(12)13(10-14)11-18-7-4-15-3-1-2-6-19-15/h1-3,6,9-10,18H,4-5,7-8,11H2. The van der Waals surface area contributed by atoms with E-state index in [1.165, 1.54) is 5.56 Å². The van der Waals surface area contributed by atoms with Gasteiger partial charge in [-0.3, -0.25) is 4.98 Å². The Morgan fingerprint density at radius 1 is 1.30 bits per heavy atom. The molecule has 0 fully saturated rings. The number of aromatic nitrogens is 1. The molecule has 4 heteroatoms. The van der Waals surface area contributed by atoms with Gasteiger partial charge >= 0.3 is 0 Å². The van der Waals surface area contributed by atoms with E-state index in [0.29, 0.717) is 0 Å². The fourth-order valence-electron chi connectivity index (χ4n) is 2.46. The molecular weight excluding hydrogens is 272 g/mol. The fraction of sp³-hybridized carbons (Fsp3) is 0.312. The number of hydrogen-bond acceptors (Lipinski definition) is 3. The first kappa shape index (κ1) is 13.4. The van der Waals surface area contributed by atoms with Crippen molar-refractivity contribution in [2.45, 2.75) is 19.4 Å². The number of pyridine rings is 1. The lowest BCUT2D eigenvalue weighted by Gasteiger charge is -2.10. The third-order valence-corrected chi connectivity index (χ3v) is 3.64. The average Bonchev–Trinajstić information content (AvgIpc) is 2.92. The molecule has 0 spiro atoms. The van der Waals surface area contributed by atoms with Crippen molar-refractivity contribution in [1.29, 1.82) is 0 Å². The predicted octanol–water partition coefficient (Wildman–Crippen LogP) is 3.00. The third kappa shape index (κ3) is 3.11. The third-order valence-electron chi connectivity index (χ3n) is 3.42. The summed E-state index contributed by atoms with van der Waals surface area (Å²) < 4.78 is 5.69. The Bertz CT molecular complexity index is 587. The molecule has 3 rings (SSSR count). The van der Waals surface area contributed by atoms with Crippen molar-refractivity contribution in [1.82, 2.24) is 10.3 Å². The van der Waals surface area contributed by atoms with E-state index in [4.69, 9.17) is 16.3 Å². The van der Waals surface area contributed by atoms with Gasteiger partial charge in [0.1, 0.15) is 5.75 Å². The molecule has 1 aliphatic heterocycles. The van der Waals surface area contributed by atoms with Gasteiger partial charge in [0.25, 0.3) is 0 Å². The van der Waals surface area contributed by atoms with Crippen LogP contribution in [0.1, 0.15) is 16.8 Å². The first-order valence-electron chi connectivity index (χ1n) is 6.87. The van der Waals surface area contributed by atoms with Crippen molar-refractivity contribution >= 4 is 11.6 Å². The second-order valence-electron chi connectivity index (χ2n) is 4.90. The van der Waals surface area contributed by atoms with Crippen LogP contribution in [0.3, 0.4) is 0 Å². The van der Waals surface area contributed by atoms with Crippen LogP contribution in [0.4, 0.5) is 0 Å². The Kier molecular flexibility index (Phi) is 4.19. The topological polar surface area (TPSA) is 34.2 Å². The summed E-state index contributed by atoms with van der Waals surface area (Å²) in [4.78, 5) is 4.31. The quantitative estimate of drug-likeness (QED) is 0.859. The van der Waals surface area contributed by atoms with Gasteiger partial charge in [-0.2, -0.15) is 0 Å². The monoisotopic (exact) mass is 288 g/mol. The van der Waals surface area contributed by atoms with Crippen LogP contribution in [0.15, 0.2) is 36.5 Å². The summed E-state index contributed by atoms with van der Waals surface area (Å²) in [5.41, 5.74) is 3.47. The van der Waals surface area contributed by atoms with E-state index in [-0.39, 0.29) is 0 Å². The van der Waals surface area contributed by atoms with Crippen LogP contribution in [0, 0.1) is 0 Å². The summed E-state index contributed by atoms with van der Waals surface area (Å²) >= 11 is 6.14. The van der Waals surface area contributed by atoms with Gasteiger partial charge in [0.2, 0.25) is 0 Å². The van der Waals surface area contributed by atoms with E-state index >= 15 is 0 Å². The van der Waals surface area contributed by atoms with Gasteiger partial charge in [0.15, 0.2) is 0 Å². The molecule has 1 aliphatic rings. The van der Waals surface area contributed by atoms with Crippen LogP contribution in [0.2, 0.25) is 5.02 Å². The number of nitrogens with zero attached hydrogens (tertiary/aromatic N) is 1. The molecule has 0 amide bonds. The SMILES string of the molecule is Clc1cc2c(c(CNCCc3ccccn3)c1)OCC2. The van der Waals surface area contributed by atoms with Crippen LogP contribution in [0.25, 0.3) is 0 Å². The summed E-state index contributed by atoms with van der Waals surface area (Å²) in [6.07, 6.45) is 3.70. The molecule has 0 unspecified atom stereocenters. The Morgan fingerprint density at radius 2 is 2.25 bits per heavy atom. The lowest BCUT2D eigenvalue weighted by atomic mass is 10.1. The van der Waals surface area contributed by atoms with Crippen LogP contribution in [0.5, 0.6) is 5.75 Å². The first-order chi connectivity index (χ1) is 9.83. The van der Waals surface area contributed by atoms with Crippen molar-refractivity contribution in [2.24, 2.45) is 0 Å². The highest BCUT2D eigenvalue weighted by Gasteiger charge is 2.17. The lowest BCUT2D eigenvalue weighted by molar-refractivity contribution is 0.352. The van der Waals surface area contributed by atoms with E-state index in [9.17, 15) is 0 Å². The molecule has 0 radical (unpaired) electrons. The van der Waals surface area contributed by atoms with Crippen molar-refractivity contribution in [3.63, 3.8) is 0 Å². The van der Waals surface area contributed by atoms with E-state index in [2.05, 4.69) is 10.3 Å². The van der Waals surface area contributed by atoms with E-state index < -0.39 is 0 Å². The maximum Gasteiger partial charge on any atom is 0.127 e. The number of benzene rings is 1. The first-order valence-corrected chi connectivity index (χ1v) is 7.25. The van der Waals surface area contributed by atoms with Gasteiger partial charge in [-0.25, -0.2) is 0 Å². The molecule has 20 heavy (non-hydrogen) atoms. The zero-order valence-corrected chi connectivity index (χ0v) is 12.0. The molecule has 2 aromatic rings. The largest absolute Gasteiger partial charge is 0.493 e. The molecule has 0 atom stereocenters. The second-order valence-corrected chi connectivity index (χ2v) is 5.34. The van der Waals surface area contributed by atoms with E-state index in [1.807, 2.05) is 36.5 Å².